The molecule has 0 bridgehead atoms. The summed E-state index contributed by atoms with van der Waals surface area (Å²) in [5, 5.41) is 3.83. The number of carbonyl (C=O) groups is 1. The van der Waals surface area contributed by atoms with Crippen molar-refractivity contribution in [1.82, 2.24) is 14.4 Å². The molecule has 8 nitrogen and oxygen atoms in total. The Morgan fingerprint density at radius 1 is 1.15 bits per heavy atom. The average Bonchev–Trinajstić information content (AvgIpc) is 3.32. The van der Waals surface area contributed by atoms with Gasteiger partial charge in [0.1, 0.15) is 11.6 Å². The zero-order chi connectivity index (χ0) is 24.5. The van der Waals surface area contributed by atoms with Crippen molar-refractivity contribution in [2.24, 2.45) is 5.92 Å². The highest BCUT2D eigenvalue weighted by Crippen LogP contribution is 2.27. The zero-order valence-corrected chi connectivity index (χ0v) is 19.4. The Balaban J connectivity index is 1.34. The highest BCUT2D eigenvalue weighted by atomic mass is 32.2. The van der Waals surface area contributed by atoms with Crippen molar-refractivity contribution >= 4 is 16.0 Å². The van der Waals surface area contributed by atoms with Gasteiger partial charge in [0, 0.05) is 18.7 Å². The summed E-state index contributed by atoms with van der Waals surface area (Å²) in [7, 11) is -3.77. The Hall–Kier alpha value is -3.18. The summed E-state index contributed by atoms with van der Waals surface area (Å²) in [6, 6.07) is 9.19. The molecule has 0 saturated carbocycles. The van der Waals surface area contributed by atoms with Gasteiger partial charge >= 0.3 is 5.97 Å². The molecule has 1 unspecified atom stereocenters. The van der Waals surface area contributed by atoms with E-state index in [1.165, 1.54) is 22.5 Å². The number of hydrogen-bond acceptors (Lipinski definition) is 7. The molecule has 0 amide bonds. The first-order chi connectivity index (χ1) is 16.1. The van der Waals surface area contributed by atoms with Gasteiger partial charge in [-0.3, -0.25) is 4.79 Å². The Morgan fingerprint density at radius 2 is 1.82 bits per heavy atom. The molecule has 3 aromatic rings. The lowest BCUT2D eigenvalue weighted by Gasteiger charge is -2.30. The number of esters is 1. The third-order valence-electron chi connectivity index (χ3n) is 5.75. The monoisotopic (exact) mass is 491 g/mol. The Bertz CT molecular complexity index is 1290. The lowest BCUT2D eigenvalue weighted by molar-refractivity contribution is -0.156. The topological polar surface area (TPSA) is 103 Å². The van der Waals surface area contributed by atoms with E-state index in [1.807, 2.05) is 0 Å². The molecular weight excluding hydrogens is 468 g/mol. The summed E-state index contributed by atoms with van der Waals surface area (Å²) in [5.74, 6) is -1.65. The highest BCUT2D eigenvalue weighted by Gasteiger charge is 2.34. The second kappa shape index (κ2) is 9.59. The van der Waals surface area contributed by atoms with Crippen LogP contribution in [-0.4, -0.2) is 41.9 Å². The van der Waals surface area contributed by atoms with Crippen LogP contribution in [-0.2, 0) is 19.6 Å². The average molecular weight is 492 g/mol. The van der Waals surface area contributed by atoms with E-state index in [4.69, 9.17) is 9.26 Å². The first-order valence-electron chi connectivity index (χ1n) is 10.7. The standard InChI is InChI=1S/C23H23F2N3O5S/c1-14-3-4-17(13-20(14)25)21-26-22(33-27-21)15(2)32-23(29)16-9-11-28(12-10-16)34(30,31)19-7-5-18(24)6-8-19/h3-8,13,15-16H,9-12H2,1-2H3. The van der Waals surface area contributed by atoms with Gasteiger partial charge in [0.05, 0.1) is 10.8 Å². The van der Waals surface area contributed by atoms with E-state index in [-0.39, 0.29) is 42.5 Å². The predicted molar refractivity (Wildman–Crippen MR) is 117 cm³/mol. The molecule has 0 N–H and O–H groups in total. The first-order valence-corrected chi connectivity index (χ1v) is 12.2. The lowest BCUT2D eigenvalue weighted by Crippen LogP contribution is -2.40. The molecule has 1 aliphatic heterocycles. The fraction of sp³-hybridized carbons (Fsp3) is 0.348. The zero-order valence-electron chi connectivity index (χ0n) is 18.6. The number of aromatic nitrogens is 2. The second-order valence-electron chi connectivity index (χ2n) is 8.13. The number of aryl methyl sites for hydroxylation is 1. The summed E-state index contributed by atoms with van der Waals surface area (Å²) in [5.41, 5.74) is 0.928. The van der Waals surface area contributed by atoms with Crippen LogP contribution in [0.4, 0.5) is 8.78 Å². The summed E-state index contributed by atoms with van der Waals surface area (Å²) < 4.78 is 64.3. The second-order valence-corrected chi connectivity index (χ2v) is 10.1. The molecule has 0 radical (unpaired) electrons. The maximum Gasteiger partial charge on any atom is 0.309 e. The number of sulfonamides is 1. The number of rotatable bonds is 6. The Kier molecular flexibility index (Phi) is 6.76. The molecule has 0 aliphatic carbocycles. The molecule has 0 spiro atoms. The number of carbonyl (C=O) groups excluding carboxylic acids is 1. The van der Waals surface area contributed by atoms with E-state index >= 15 is 0 Å². The molecule has 11 heteroatoms. The van der Waals surface area contributed by atoms with Crippen LogP contribution in [0.25, 0.3) is 11.4 Å². The summed E-state index contributed by atoms with van der Waals surface area (Å²) >= 11 is 0. The van der Waals surface area contributed by atoms with Crippen LogP contribution in [0.5, 0.6) is 0 Å². The van der Waals surface area contributed by atoms with Crippen molar-refractivity contribution in [2.75, 3.05) is 13.1 Å². The highest BCUT2D eigenvalue weighted by molar-refractivity contribution is 7.89. The van der Waals surface area contributed by atoms with Crippen molar-refractivity contribution in [1.29, 1.82) is 0 Å². The first kappa shape index (κ1) is 24.0. The van der Waals surface area contributed by atoms with Crippen LogP contribution in [0.1, 0.15) is 37.3 Å². The van der Waals surface area contributed by atoms with Gasteiger partial charge in [-0.2, -0.15) is 9.29 Å². The fourth-order valence-electron chi connectivity index (χ4n) is 3.66. The number of ether oxygens (including phenoxy) is 1. The molecule has 4 rings (SSSR count). The van der Waals surface area contributed by atoms with Crippen LogP contribution >= 0.6 is 0 Å². The quantitative estimate of drug-likeness (QED) is 0.480. The van der Waals surface area contributed by atoms with Gasteiger partial charge in [-0.15, -0.1) is 0 Å². The number of nitrogens with zero attached hydrogens (tertiary/aromatic N) is 3. The molecule has 34 heavy (non-hydrogen) atoms. The largest absolute Gasteiger partial charge is 0.452 e. The van der Waals surface area contributed by atoms with E-state index in [9.17, 15) is 22.0 Å². The van der Waals surface area contributed by atoms with Gasteiger partial charge in [0.15, 0.2) is 6.10 Å². The van der Waals surface area contributed by atoms with Crippen LogP contribution in [0.15, 0.2) is 51.9 Å². The van der Waals surface area contributed by atoms with Crippen molar-refractivity contribution in [2.45, 2.75) is 37.7 Å². The Labute approximate surface area is 195 Å². The van der Waals surface area contributed by atoms with E-state index in [0.29, 0.717) is 11.1 Å². The van der Waals surface area contributed by atoms with Gasteiger partial charge in [0.2, 0.25) is 15.8 Å². The molecule has 2 aromatic carbocycles. The summed E-state index contributed by atoms with van der Waals surface area (Å²) in [4.78, 5) is 16.8. The van der Waals surface area contributed by atoms with E-state index in [1.54, 1.807) is 26.0 Å². The molecule has 180 valence electrons. The number of benzene rings is 2. The molecule has 1 atom stereocenters. The SMILES string of the molecule is Cc1ccc(-c2noc(C(C)OC(=O)C3CCN(S(=O)(=O)c4ccc(F)cc4)CC3)n2)cc1F. The maximum absolute atomic E-state index is 13.8. The summed E-state index contributed by atoms with van der Waals surface area (Å²) in [6.45, 7) is 3.50. The third-order valence-corrected chi connectivity index (χ3v) is 7.66. The van der Waals surface area contributed by atoms with E-state index in [2.05, 4.69) is 10.1 Å². The predicted octanol–water partition coefficient (Wildman–Crippen LogP) is 4.03. The normalized spacial score (nSPS) is 16.4. The van der Waals surface area contributed by atoms with Gasteiger partial charge < -0.3 is 9.26 Å². The van der Waals surface area contributed by atoms with Gasteiger partial charge in [-0.1, -0.05) is 17.3 Å². The van der Waals surface area contributed by atoms with E-state index in [0.717, 1.165) is 12.1 Å². The van der Waals surface area contributed by atoms with Gasteiger partial charge in [-0.05, 0) is 62.6 Å². The molecular formula is C23H23F2N3O5S. The van der Waals surface area contributed by atoms with Crippen LogP contribution in [0, 0.1) is 24.5 Å². The van der Waals surface area contributed by atoms with Crippen molar-refractivity contribution in [3.05, 3.63) is 65.6 Å². The molecule has 2 heterocycles. The van der Waals surface area contributed by atoms with Gasteiger partial charge in [0.25, 0.3) is 5.89 Å². The fourth-order valence-corrected chi connectivity index (χ4v) is 5.13. The molecule has 1 aliphatic rings. The van der Waals surface area contributed by atoms with Crippen molar-refractivity contribution in [3.63, 3.8) is 0 Å². The van der Waals surface area contributed by atoms with Crippen LogP contribution in [0.2, 0.25) is 0 Å². The minimum absolute atomic E-state index is 0.00389. The van der Waals surface area contributed by atoms with Gasteiger partial charge in [-0.25, -0.2) is 17.2 Å². The smallest absolute Gasteiger partial charge is 0.309 e. The Morgan fingerprint density at radius 3 is 2.47 bits per heavy atom. The number of piperidine rings is 1. The third kappa shape index (κ3) is 5.00. The van der Waals surface area contributed by atoms with Crippen molar-refractivity contribution < 1.29 is 31.3 Å². The van der Waals surface area contributed by atoms with Crippen LogP contribution in [0.3, 0.4) is 0 Å². The maximum atomic E-state index is 13.8. The van der Waals surface area contributed by atoms with Crippen LogP contribution < -0.4 is 0 Å². The number of hydrogen-bond donors (Lipinski definition) is 0. The van der Waals surface area contributed by atoms with Crippen molar-refractivity contribution in [3.8, 4) is 11.4 Å². The molecule has 1 aromatic heterocycles. The number of halogens is 2. The minimum Gasteiger partial charge on any atom is -0.452 e. The summed E-state index contributed by atoms with van der Waals surface area (Å²) in [6.07, 6.45) is -0.266. The van der Waals surface area contributed by atoms with E-state index < -0.39 is 39.6 Å². The molecule has 1 fully saturated rings. The molecule has 1 saturated heterocycles. The minimum atomic E-state index is -3.77. The lowest BCUT2D eigenvalue weighted by atomic mass is 9.98.